The number of nitrogens with zero attached hydrogens (tertiary/aromatic N) is 2. The first-order chi connectivity index (χ1) is 13.2. The SMILES string of the molecule is CCCCCC1CCC(CCc2ccc(-c3ccc(C)nn3)cc2F)CC1. The topological polar surface area (TPSA) is 25.8 Å². The Kier molecular flexibility index (Phi) is 7.37. The molecular formula is C24H33FN2. The van der Waals surface area contributed by atoms with Crippen LogP contribution in [0.4, 0.5) is 4.39 Å². The van der Waals surface area contributed by atoms with Crippen molar-refractivity contribution in [2.24, 2.45) is 11.8 Å². The summed E-state index contributed by atoms with van der Waals surface area (Å²) in [5.74, 6) is 1.61. The minimum absolute atomic E-state index is 0.108. The van der Waals surface area contributed by atoms with Crippen LogP contribution in [0, 0.1) is 24.6 Å². The fourth-order valence-corrected chi connectivity index (χ4v) is 4.31. The van der Waals surface area contributed by atoms with Gasteiger partial charge in [-0.25, -0.2) is 4.39 Å². The highest BCUT2D eigenvalue weighted by Gasteiger charge is 2.21. The van der Waals surface area contributed by atoms with Crippen LogP contribution in [-0.4, -0.2) is 10.2 Å². The zero-order valence-corrected chi connectivity index (χ0v) is 16.9. The predicted molar refractivity (Wildman–Crippen MR) is 110 cm³/mol. The van der Waals surface area contributed by atoms with E-state index >= 15 is 0 Å². The zero-order chi connectivity index (χ0) is 19.1. The Morgan fingerprint density at radius 2 is 1.67 bits per heavy atom. The highest BCUT2D eigenvalue weighted by atomic mass is 19.1. The molecule has 3 rings (SSSR count). The average Bonchev–Trinajstić information content (AvgIpc) is 2.69. The van der Waals surface area contributed by atoms with Crippen molar-refractivity contribution in [1.82, 2.24) is 10.2 Å². The molecule has 0 N–H and O–H groups in total. The maximum absolute atomic E-state index is 14.6. The Morgan fingerprint density at radius 3 is 2.30 bits per heavy atom. The molecule has 3 heteroatoms. The lowest BCUT2D eigenvalue weighted by Crippen LogP contribution is -2.15. The van der Waals surface area contributed by atoms with Gasteiger partial charge in [-0.1, -0.05) is 70.4 Å². The summed E-state index contributed by atoms with van der Waals surface area (Å²) in [5.41, 5.74) is 3.24. The maximum Gasteiger partial charge on any atom is 0.127 e. The van der Waals surface area contributed by atoms with Crippen molar-refractivity contribution < 1.29 is 4.39 Å². The molecule has 0 aliphatic heterocycles. The second kappa shape index (κ2) is 9.96. The normalized spacial score (nSPS) is 20.0. The average molecular weight is 369 g/mol. The maximum atomic E-state index is 14.6. The molecule has 27 heavy (non-hydrogen) atoms. The van der Waals surface area contributed by atoms with Gasteiger partial charge in [-0.05, 0) is 55.4 Å². The summed E-state index contributed by atoms with van der Waals surface area (Å²) in [6.07, 6.45) is 12.9. The van der Waals surface area contributed by atoms with E-state index in [1.807, 2.05) is 31.2 Å². The monoisotopic (exact) mass is 368 g/mol. The molecule has 0 unspecified atom stereocenters. The third kappa shape index (κ3) is 5.85. The number of aryl methyl sites for hydroxylation is 2. The highest BCUT2D eigenvalue weighted by Crippen LogP contribution is 2.34. The highest BCUT2D eigenvalue weighted by molar-refractivity contribution is 5.59. The fraction of sp³-hybridized carbons (Fsp3) is 0.583. The Morgan fingerprint density at radius 1 is 0.926 bits per heavy atom. The summed E-state index contributed by atoms with van der Waals surface area (Å²) in [6, 6.07) is 9.33. The van der Waals surface area contributed by atoms with Crippen molar-refractivity contribution in [2.75, 3.05) is 0 Å². The molecule has 1 aliphatic rings. The second-order valence-corrected chi connectivity index (χ2v) is 8.29. The molecule has 1 aromatic heterocycles. The summed E-state index contributed by atoms with van der Waals surface area (Å²) in [6.45, 7) is 4.18. The van der Waals surface area contributed by atoms with Crippen molar-refractivity contribution in [3.05, 3.63) is 47.4 Å². The molecule has 0 radical (unpaired) electrons. The molecular weight excluding hydrogens is 335 g/mol. The van der Waals surface area contributed by atoms with Gasteiger partial charge >= 0.3 is 0 Å². The summed E-state index contributed by atoms with van der Waals surface area (Å²) in [7, 11) is 0. The first-order valence-corrected chi connectivity index (χ1v) is 10.7. The Bertz CT molecular complexity index is 703. The van der Waals surface area contributed by atoms with E-state index in [9.17, 15) is 4.39 Å². The third-order valence-corrected chi connectivity index (χ3v) is 6.15. The summed E-state index contributed by atoms with van der Waals surface area (Å²) >= 11 is 0. The number of hydrogen-bond acceptors (Lipinski definition) is 2. The van der Waals surface area contributed by atoms with Gasteiger partial charge in [0.2, 0.25) is 0 Å². The Labute approximate surface area is 163 Å². The van der Waals surface area contributed by atoms with Crippen LogP contribution in [0.1, 0.15) is 76.0 Å². The minimum Gasteiger partial charge on any atom is -0.207 e. The van der Waals surface area contributed by atoms with Crippen LogP contribution < -0.4 is 0 Å². The first kappa shape index (κ1) is 20.0. The van der Waals surface area contributed by atoms with E-state index in [1.54, 1.807) is 6.07 Å². The number of benzene rings is 1. The fourth-order valence-electron chi connectivity index (χ4n) is 4.31. The number of halogens is 1. The summed E-state index contributed by atoms with van der Waals surface area (Å²) in [4.78, 5) is 0. The molecule has 146 valence electrons. The lowest BCUT2D eigenvalue weighted by atomic mass is 9.77. The van der Waals surface area contributed by atoms with Crippen LogP contribution >= 0.6 is 0 Å². The predicted octanol–water partition coefficient (Wildman–Crippen LogP) is 6.91. The molecule has 0 bridgehead atoms. The van der Waals surface area contributed by atoms with Crippen LogP contribution in [0.5, 0.6) is 0 Å². The molecule has 0 saturated heterocycles. The standard InChI is InChI=1S/C24H33FN2/c1-3-4-5-6-19-8-10-20(11-9-19)12-13-21-14-15-22(17-23(21)25)24-16-7-18(2)26-27-24/h7,14-17,19-20H,3-6,8-13H2,1-2H3. The van der Waals surface area contributed by atoms with Gasteiger partial charge in [0, 0.05) is 5.56 Å². The van der Waals surface area contributed by atoms with Gasteiger partial charge in [0.25, 0.3) is 0 Å². The molecule has 1 saturated carbocycles. The van der Waals surface area contributed by atoms with Crippen molar-refractivity contribution in [2.45, 2.75) is 78.1 Å². The first-order valence-electron chi connectivity index (χ1n) is 10.7. The minimum atomic E-state index is -0.108. The summed E-state index contributed by atoms with van der Waals surface area (Å²) < 4.78 is 14.6. The van der Waals surface area contributed by atoms with Crippen LogP contribution in [0.15, 0.2) is 30.3 Å². The van der Waals surface area contributed by atoms with E-state index in [-0.39, 0.29) is 5.82 Å². The molecule has 1 heterocycles. The van der Waals surface area contributed by atoms with Gasteiger partial charge in [-0.15, -0.1) is 0 Å². The van der Waals surface area contributed by atoms with Gasteiger partial charge in [0.15, 0.2) is 0 Å². The van der Waals surface area contributed by atoms with Crippen LogP contribution in [0.25, 0.3) is 11.3 Å². The number of rotatable bonds is 8. The van der Waals surface area contributed by atoms with Gasteiger partial charge in [-0.2, -0.15) is 10.2 Å². The van der Waals surface area contributed by atoms with Crippen molar-refractivity contribution >= 4 is 0 Å². The largest absolute Gasteiger partial charge is 0.207 e. The van der Waals surface area contributed by atoms with Crippen molar-refractivity contribution in [1.29, 1.82) is 0 Å². The van der Waals surface area contributed by atoms with Gasteiger partial charge in [-0.3, -0.25) is 0 Å². The van der Waals surface area contributed by atoms with Crippen molar-refractivity contribution in [3.8, 4) is 11.3 Å². The lowest BCUT2D eigenvalue weighted by Gasteiger charge is -2.28. The molecule has 2 aromatic rings. The quantitative estimate of drug-likeness (QED) is 0.473. The van der Waals surface area contributed by atoms with Crippen LogP contribution in [-0.2, 0) is 6.42 Å². The smallest absolute Gasteiger partial charge is 0.127 e. The number of unbranched alkanes of at least 4 members (excludes halogenated alkanes) is 2. The Balaban J connectivity index is 1.48. The lowest BCUT2D eigenvalue weighted by molar-refractivity contribution is 0.248. The van der Waals surface area contributed by atoms with Gasteiger partial charge in [0.1, 0.15) is 5.82 Å². The molecule has 1 fully saturated rings. The molecule has 1 aromatic carbocycles. The van der Waals surface area contributed by atoms with Gasteiger partial charge in [0.05, 0.1) is 11.4 Å². The Hall–Kier alpha value is -1.77. The van der Waals surface area contributed by atoms with E-state index in [0.29, 0.717) is 0 Å². The van der Waals surface area contributed by atoms with Gasteiger partial charge < -0.3 is 0 Å². The van der Waals surface area contributed by atoms with Crippen LogP contribution in [0.2, 0.25) is 0 Å². The zero-order valence-electron chi connectivity index (χ0n) is 16.9. The number of hydrogen-bond donors (Lipinski definition) is 0. The molecule has 0 spiro atoms. The molecule has 1 aliphatic carbocycles. The number of aromatic nitrogens is 2. The van der Waals surface area contributed by atoms with E-state index in [1.165, 1.54) is 51.4 Å². The van der Waals surface area contributed by atoms with E-state index in [4.69, 9.17) is 0 Å². The van der Waals surface area contributed by atoms with E-state index < -0.39 is 0 Å². The molecule has 0 atom stereocenters. The third-order valence-electron chi connectivity index (χ3n) is 6.15. The molecule has 0 amide bonds. The van der Waals surface area contributed by atoms with E-state index in [0.717, 1.165) is 47.2 Å². The second-order valence-electron chi connectivity index (χ2n) is 8.29. The van der Waals surface area contributed by atoms with Crippen LogP contribution in [0.3, 0.4) is 0 Å². The summed E-state index contributed by atoms with van der Waals surface area (Å²) in [5, 5.41) is 8.22. The van der Waals surface area contributed by atoms with E-state index in [2.05, 4.69) is 17.1 Å². The van der Waals surface area contributed by atoms with Crippen molar-refractivity contribution in [3.63, 3.8) is 0 Å². The molecule has 2 nitrogen and oxygen atoms in total.